The third-order valence-electron chi connectivity index (χ3n) is 5.42. The van der Waals surface area contributed by atoms with Crippen LogP contribution >= 0.6 is 0 Å². The fourth-order valence-electron chi connectivity index (χ4n) is 3.84. The lowest BCUT2D eigenvalue weighted by Crippen LogP contribution is -2.44. The molecular weight excluding hydrogens is 495 g/mol. The molecule has 2 N–H and O–H groups in total. The van der Waals surface area contributed by atoms with Gasteiger partial charge in [-0.25, -0.2) is 24.7 Å². The molecule has 3 amide bonds. The minimum absolute atomic E-state index is 0.139. The Kier molecular flexibility index (Phi) is 7.98. The number of hydrazine groups is 1. The molecule has 1 fully saturated rings. The second-order valence-electron chi connectivity index (χ2n) is 9.53. The number of hydrogen-bond acceptors (Lipinski definition) is 8. The summed E-state index contributed by atoms with van der Waals surface area (Å²) < 4.78 is 43.9. The minimum Gasteiger partial charge on any atom is -0.444 e. The molecule has 3 rings (SSSR count). The van der Waals surface area contributed by atoms with Gasteiger partial charge in [-0.15, -0.1) is 0 Å². The summed E-state index contributed by atoms with van der Waals surface area (Å²) in [6.07, 6.45) is -3.41. The van der Waals surface area contributed by atoms with Crippen LogP contribution in [0.4, 0.5) is 18.0 Å². The molecule has 3 heterocycles. The van der Waals surface area contributed by atoms with Crippen LogP contribution in [-0.4, -0.2) is 61.4 Å². The van der Waals surface area contributed by atoms with Gasteiger partial charge in [0.15, 0.2) is 0 Å². The van der Waals surface area contributed by atoms with Gasteiger partial charge in [0.25, 0.3) is 11.8 Å². The lowest BCUT2D eigenvalue weighted by Gasteiger charge is -2.33. The Morgan fingerprint density at radius 2 is 1.62 bits per heavy atom. The summed E-state index contributed by atoms with van der Waals surface area (Å²) >= 11 is 0. The van der Waals surface area contributed by atoms with Crippen LogP contribution in [0.2, 0.25) is 0 Å². The fourth-order valence-corrected chi connectivity index (χ4v) is 3.84. The van der Waals surface area contributed by atoms with Gasteiger partial charge in [0.05, 0.1) is 17.0 Å². The zero-order valence-electron chi connectivity index (χ0n) is 21.1. The monoisotopic (exact) mass is 523 g/mol. The second-order valence-corrected chi connectivity index (χ2v) is 9.53. The summed E-state index contributed by atoms with van der Waals surface area (Å²) in [5.41, 5.74) is 4.04. The molecule has 11 nitrogen and oxygen atoms in total. The van der Waals surface area contributed by atoms with E-state index in [1.54, 1.807) is 39.5 Å². The molecule has 0 aromatic carbocycles. The molecule has 0 saturated carbocycles. The molecule has 1 saturated heterocycles. The largest absolute Gasteiger partial charge is 0.451 e. The van der Waals surface area contributed by atoms with Gasteiger partial charge in [0.1, 0.15) is 17.1 Å². The average Bonchev–Trinajstić information content (AvgIpc) is 2.80. The summed E-state index contributed by atoms with van der Waals surface area (Å²) in [5.74, 6) is -3.00. The van der Waals surface area contributed by atoms with Crippen molar-refractivity contribution in [3.63, 3.8) is 0 Å². The number of likely N-dealkylation sites (tertiary alicyclic amines) is 1. The number of nitrogens with zero attached hydrogens (tertiary/aromatic N) is 5. The van der Waals surface area contributed by atoms with Gasteiger partial charge in [-0.05, 0) is 53.5 Å². The van der Waals surface area contributed by atoms with E-state index in [1.807, 2.05) is 0 Å². The highest BCUT2D eigenvalue weighted by Crippen LogP contribution is 2.31. The van der Waals surface area contributed by atoms with Gasteiger partial charge < -0.3 is 9.64 Å². The summed E-state index contributed by atoms with van der Waals surface area (Å²) in [5, 5.41) is 0. The topological polar surface area (TPSA) is 139 Å². The zero-order valence-corrected chi connectivity index (χ0v) is 21.1. The molecule has 37 heavy (non-hydrogen) atoms. The number of amides is 3. The highest BCUT2D eigenvalue weighted by atomic mass is 19.4. The van der Waals surface area contributed by atoms with Crippen molar-refractivity contribution in [1.82, 2.24) is 35.7 Å². The Hall–Kier alpha value is -3.84. The molecule has 2 aromatic rings. The molecule has 0 atom stereocenters. The van der Waals surface area contributed by atoms with Gasteiger partial charge in [-0.2, -0.15) is 13.2 Å². The second kappa shape index (κ2) is 10.6. The summed E-state index contributed by atoms with van der Waals surface area (Å²) in [6, 6.07) is 0.987. The third-order valence-corrected chi connectivity index (χ3v) is 5.42. The summed E-state index contributed by atoms with van der Waals surface area (Å²) in [4.78, 5) is 54.3. The maximum Gasteiger partial charge on any atom is 0.451 e. The summed E-state index contributed by atoms with van der Waals surface area (Å²) in [6.45, 7) is 9.45. The molecule has 1 aliphatic heterocycles. The SMILES string of the molecule is Cc1nc(C)c(C(=O)NNC(=O)c2ccnc(C(F)(F)F)n2)c(C2CCN(C(=O)OC(C)(C)C)CC2)n1. The van der Waals surface area contributed by atoms with E-state index in [1.165, 1.54) is 0 Å². The van der Waals surface area contributed by atoms with E-state index >= 15 is 0 Å². The molecule has 0 aliphatic carbocycles. The number of carbonyl (C=O) groups excluding carboxylic acids is 3. The molecule has 0 spiro atoms. The van der Waals surface area contributed by atoms with Crippen LogP contribution in [0.5, 0.6) is 0 Å². The number of aryl methyl sites for hydroxylation is 2. The van der Waals surface area contributed by atoms with Gasteiger partial charge in [-0.1, -0.05) is 0 Å². The number of carbonyl (C=O) groups is 3. The maximum atomic E-state index is 13.0. The van der Waals surface area contributed by atoms with Crippen molar-refractivity contribution >= 4 is 17.9 Å². The quantitative estimate of drug-likeness (QED) is 0.585. The number of hydrogen-bond donors (Lipinski definition) is 2. The van der Waals surface area contributed by atoms with Crippen molar-refractivity contribution in [2.24, 2.45) is 0 Å². The Morgan fingerprint density at radius 1 is 1.00 bits per heavy atom. The number of rotatable bonds is 3. The molecule has 2 aromatic heterocycles. The zero-order chi connectivity index (χ0) is 27.5. The summed E-state index contributed by atoms with van der Waals surface area (Å²) in [7, 11) is 0. The van der Waals surface area contributed by atoms with E-state index < -0.39 is 41.2 Å². The highest BCUT2D eigenvalue weighted by Gasteiger charge is 2.35. The molecule has 0 unspecified atom stereocenters. The van der Waals surface area contributed by atoms with Crippen LogP contribution in [0.1, 0.15) is 83.4 Å². The standard InChI is InChI=1S/C23H28F3N7O4/c1-12-16(19(35)32-31-18(34)15-6-9-27-20(30-15)23(24,25)26)17(29-13(2)28-12)14-7-10-33(11-8-14)21(36)37-22(3,4)5/h6,9,14H,7-8,10-11H2,1-5H3,(H,31,34)(H,32,35). The molecule has 200 valence electrons. The molecule has 1 aliphatic rings. The Bertz CT molecular complexity index is 1190. The van der Waals surface area contributed by atoms with E-state index in [0.717, 1.165) is 12.3 Å². The molecule has 0 bridgehead atoms. The number of nitrogens with one attached hydrogen (secondary N) is 2. The van der Waals surface area contributed by atoms with E-state index in [9.17, 15) is 27.6 Å². The van der Waals surface area contributed by atoms with E-state index in [-0.39, 0.29) is 11.5 Å². The fraction of sp³-hybridized carbons (Fsp3) is 0.522. The minimum atomic E-state index is -4.83. The van der Waals surface area contributed by atoms with Gasteiger partial charge >= 0.3 is 12.3 Å². The third kappa shape index (κ3) is 7.11. The van der Waals surface area contributed by atoms with Crippen molar-refractivity contribution in [3.05, 3.63) is 46.6 Å². The van der Waals surface area contributed by atoms with Crippen LogP contribution in [0.15, 0.2) is 12.3 Å². The van der Waals surface area contributed by atoms with Crippen molar-refractivity contribution in [2.75, 3.05) is 13.1 Å². The van der Waals surface area contributed by atoms with Crippen LogP contribution < -0.4 is 10.9 Å². The van der Waals surface area contributed by atoms with Crippen LogP contribution in [0, 0.1) is 13.8 Å². The molecule has 14 heteroatoms. The van der Waals surface area contributed by atoms with Crippen molar-refractivity contribution < 1.29 is 32.3 Å². The first-order chi connectivity index (χ1) is 17.2. The van der Waals surface area contributed by atoms with E-state index in [2.05, 4.69) is 30.8 Å². The van der Waals surface area contributed by atoms with Gasteiger partial charge in [0, 0.05) is 25.2 Å². The number of aromatic nitrogens is 4. The van der Waals surface area contributed by atoms with Crippen LogP contribution in [-0.2, 0) is 10.9 Å². The lowest BCUT2D eigenvalue weighted by atomic mass is 9.89. The predicted octanol–water partition coefficient (Wildman–Crippen LogP) is 3.09. The molecule has 0 radical (unpaired) electrons. The van der Waals surface area contributed by atoms with Crippen LogP contribution in [0.3, 0.4) is 0 Å². The number of piperidine rings is 1. The lowest BCUT2D eigenvalue weighted by molar-refractivity contribution is -0.145. The maximum absolute atomic E-state index is 13.0. The van der Waals surface area contributed by atoms with Gasteiger partial charge in [0.2, 0.25) is 5.82 Å². The first-order valence-electron chi connectivity index (χ1n) is 11.5. The number of alkyl halides is 3. The average molecular weight is 524 g/mol. The van der Waals surface area contributed by atoms with Crippen molar-refractivity contribution in [2.45, 2.75) is 65.2 Å². The number of halogens is 3. The first kappa shape index (κ1) is 27.7. The highest BCUT2D eigenvalue weighted by molar-refractivity contribution is 5.99. The van der Waals surface area contributed by atoms with E-state index in [4.69, 9.17) is 4.74 Å². The Morgan fingerprint density at radius 3 is 2.22 bits per heavy atom. The normalized spacial score (nSPS) is 14.8. The van der Waals surface area contributed by atoms with Crippen molar-refractivity contribution in [1.29, 1.82) is 0 Å². The van der Waals surface area contributed by atoms with Crippen LogP contribution in [0.25, 0.3) is 0 Å². The first-order valence-corrected chi connectivity index (χ1v) is 11.5. The van der Waals surface area contributed by atoms with Crippen molar-refractivity contribution in [3.8, 4) is 0 Å². The van der Waals surface area contributed by atoms with Gasteiger partial charge in [-0.3, -0.25) is 20.4 Å². The Balaban J connectivity index is 1.72. The number of ether oxygens (including phenoxy) is 1. The molecular formula is C23H28F3N7O4. The smallest absolute Gasteiger partial charge is 0.444 e. The Labute approximate surface area is 211 Å². The predicted molar refractivity (Wildman–Crippen MR) is 123 cm³/mol. The van der Waals surface area contributed by atoms with E-state index in [0.29, 0.717) is 43.1 Å².